The Morgan fingerprint density at radius 1 is 1.28 bits per heavy atom. The van der Waals surface area contributed by atoms with Crippen molar-refractivity contribution in [2.75, 3.05) is 38.7 Å². The summed E-state index contributed by atoms with van der Waals surface area (Å²) in [4.78, 5) is 34.9. The molecule has 1 aliphatic heterocycles. The number of anilines is 1. The summed E-state index contributed by atoms with van der Waals surface area (Å²) in [5.74, 6) is 0.0903. The van der Waals surface area contributed by atoms with E-state index in [0.29, 0.717) is 5.58 Å². The SMILES string of the molecule is COCCN1CCC(C(=O)Nc2cc3c(C)cc(=O)oc3cc2C)CC1.O=CO. The number of aryl methyl sites for hydroxylation is 2. The first kappa shape index (κ1) is 22.6. The number of hydrogen-bond acceptors (Lipinski definition) is 6. The molecule has 3 rings (SSSR count). The smallest absolute Gasteiger partial charge is 0.336 e. The highest BCUT2D eigenvalue weighted by molar-refractivity contribution is 5.96. The van der Waals surface area contributed by atoms with Crippen LogP contribution in [0.4, 0.5) is 5.69 Å². The molecule has 0 unspecified atom stereocenters. The summed E-state index contributed by atoms with van der Waals surface area (Å²) in [5, 5.41) is 10.8. The number of nitrogens with zero attached hydrogens (tertiary/aromatic N) is 1. The molecule has 1 fully saturated rings. The lowest BCUT2D eigenvalue weighted by Crippen LogP contribution is -2.39. The van der Waals surface area contributed by atoms with E-state index in [-0.39, 0.29) is 23.9 Å². The highest BCUT2D eigenvalue weighted by Crippen LogP contribution is 2.26. The molecule has 1 saturated heterocycles. The normalized spacial score (nSPS) is 14.9. The molecule has 8 nitrogen and oxygen atoms in total. The highest BCUT2D eigenvalue weighted by Gasteiger charge is 2.25. The van der Waals surface area contributed by atoms with Crippen molar-refractivity contribution in [1.82, 2.24) is 4.90 Å². The molecule has 8 heteroatoms. The Morgan fingerprint density at radius 3 is 2.55 bits per heavy atom. The second-order valence-electron chi connectivity index (χ2n) is 7.12. The van der Waals surface area contributed by atoms with E-state index < -0.39 is 0 Å². The topological polar surface area (TPSA) is 109 Å². The van der Waals surface area contributed by atoms with Crippen molar-refractivity contribution in [3.63, 3.8) is 0 Å². The molecule has 1 aromatic heterocycles. The lowest BCUT2D eigenvalue weighted by Gasteiger charge is -2.31. The first-order valence-electron chi connectivity index (χ1n) is 9.54. The zero-order valence-electron chi connectivity index (χ0n) is 17.1. The molecule has 0 atom stereocenters. The highest BCUT2D eigenvalue weighted by atomic mass is 16.5. The molecule has 0 saturated carbocycles. The van der Waals surface area contributed by atoms with Gasteiger partial charge in [-0.3, -0.25) is 9.59 Å². The van der Waals surface area contributed by atoms with Gasteiger partial charge in [-0.15, -0.1) is 0 Å². The van der Waals surface area contributed by atoms with E-state index in [1.165, 1.54) is 6.07 Å². The van der Waals surface area contributed by atoms with Crippen LogP contribution in [-0.2, 0) is 14.3 Å². The van der Waals surface area contributed by atoms with Crippen LogP contribution >= 0.6 is 0 Å². The molecule has 0 aliphatic carbocycles. The van der Waals surface area contributed by atoms with E-state index in [1.807, 2.05) is 26.0 Å². The summed E-state index contributed by atoms with van der Waals surface area (Å²) in [5.41, 5.74) is 2.71. The van der Waals surface area contributed by atoms with Gasteiger partial charge in [-0.2, -0.15) is 0 Å². The maximum absolute atomic E-state index is 12.7. The maximum atomic E-state index is 12.7. The molecule has 2 N–H and O–H groups in total. The Morgan fingerprint density at radius 2 is 1.93 bits per heavy atom. The van der Waals surface area contributed by atoms with Crippen molar-refractivity contribution in [1.29, 1.82) is 0 Å². The van der Waals surface area contributed by atoms with E-state index >= 15 is 0 Å². The molecular formula is C21H28N2O6. The monoisotopic (exact) mass is 404 g/mol. The van der Waals surface area contributed by atoms with E-state index in [9.17, 15) is 9.59 Å². The van der Waals surface area contributed by atoms with Gasteiger partial charge in [-0.1, -0.05) is 0 Å². The van der Waals surface area contributed by atoms with Gasteiger partial charge in [0.05, 0.1) is 6.61 Å². The summed E-state index contributed by atoms with van der Waals surface area (Å²) >= 11 is 0. The fourth-order valence-corrected chi connectivity index (χ4v) is 3.48. The number of ether oxygens (including phenoxy) is 1. The predicted molar refractivity (Wildman–Crippen MR) is 110 cm³/mol. The third-order valence-electron chi connectivity index (χ3n) is 5.12. The van der Waals surface area contributed by atoms with Crippen molar-refractivity contribution >= 4 is 29.0 Å². The number of amides is 1. The molecule has 0 radical (unpaired) electrons. The lowest BCUT2D eigenvalue weighted by atomic mass is 9.95. The summed E-state index contributed by atoms with van der Waals surface area (Å²) in [6, 6.07) is 5.18. The van der Waals surface area contributed by atoms with Crippen molar-refractivity contribution in [2.24, 2.45) is 5.92 Å². The lowest BCUT2D eigenvalue weighted by molar-refractivity contribution is -0.123. The van der Waals surface area contributed by atoms with Crippen molar-refractivity contribution < 1.29 is 23.8 Å². The molecular weight excluding hydrogens is 376 g/mol. The van der Waals surface area contributed by atoms with Crippen LogP contribution < -0.4 is 10.9 Å². The van der Waals surface area contributed by atoms with E-state index in [1.54, 1.807) is 7.11 Å². The summed E-state index contributed by atoms with van der Waals surface area (Å²) in [7, 11) is 1.71. The summed E-state index contributed by atoms with van der Waals surface area (Å²) < 4.78 is 10.4. The average molecular weight is 404 g/mol. The number of carbonyl (C=O) groups excluding carboxylic acids is 1. The molecule has 1 amide bonds. The van der Waals surface area contributed by atoms with Crippen LogP contribution in [0.1, 0.15) is 24.0 Å². The molecule has 2 aromatic rings. The van der Waals surface area contributed by atoms with E-state index in [2.05, 4.69) is 10.2 Å². The largest absolute Gasteiger partial charge is 0.483 e. The number of rotatable bonds is 5. The quantitative estimate of drug-likeness (QED) is 0.582. The van der Waals surface area contributed by atoms with Crippen molar-refractivity contribution in [3.8, 4) is 0 Å². The molecule has 0 spiro atoms. The van der Waals surface area contributed by atoms with Crippen molar-refractivity contribution in [3.05, 3.63) is 39.7 Å². The second-order valence-corrected chi connectivity index (χ2v) is 7.12. The number of likely N-dealkylation sites (tertiary alicyclic amines) is 1. The number of methoxy groups -OCH3 is 1. The van der Waals surface area contributed by atoms with Gasteiger partial charge < -0.3 is 24.5 Å². The minimum atomic E-state index is -0.355. The Kier molecular flexibility index (Phi) is 8.35. The predicted octanol–water partition coefficient (Wildman–Crippen LogP) is 2.41. The van der Waals surface area contributed by atoms with Crippen LogP contribution in [0, 0.1) is 19.8 Å². The van der Waals surface area contributed by atoms with Gasteiger partial charge in [-0.05, 0) is 63.0 Å². The van der Waals surface area contributed by atoms with Gasteiger partial charge in [0, 0.05) is 36.7 Å². The Balaban J connectivity index is 0.000000941. The zero-order chi connectivity index (χ0) is 21.4. The Hall–Kier alpha value is -2.71. The summed E-state index contributed by atoms with van der Waals surface area (Å²) in [6.07, 6.45) is 1.71. The van der Waals surface area contributed by atoms with Crippen LogP contribution in [0.15, 0.2) is 27.4 Å². The van der Waals surface area contributed by atoms with Gasteiger partial charge in [0.2, 0.25) is 5.91 Å². The number of hydrogen-bond donors (Lipinski definition) is 2. The van der Waals surface area contributed by atoms with Gasteiger partial charge >= 0.3 is 5.63 Å². The zero-order valence-corrected chi connectivity index (χ0v) is 17.1. The molecule has 0 bridgehead atoms. The number of carbonyl (C=O) groups is 2. The van der Waals surface area contributed by atoms with Gasteiger partial charge in [-0.25, -0.2) is 4.79 Å². The third-order valence-corrected chi connectivity index (χ3v) is 5.12. The number of piperidine rings is 1. The fraction of sp³-hybridized carbons (Fsp3) is 0.476. The van der Waals surface area contributed by atoms with Crippen LogP contribution in [0.2, 0.25) is 0 Å². The first-order chi connectivity index (χ1) is 13.9. The Bertz CT molecular complexity index is 900. The van der Waals surface area contributed by atoms with Crippen LogP contribution in [0.25, 0.3) is 11.0 Å². The van der Waals surface area contributed by atoms with Crippen LogP contribution in [0.5, 0.6) is 0 Å². The first-order valence-corrected chi connectivity index (χ1v) is 9.54. The van der Waals surface area contributed by atoms with Crippen LogP contribution in [-0.4, -0.2) is 55.7 Å². The average Bonchev–Trinajstić information content (AvgIpc) is 2.68. The van der Waals surface area contributed by atoms with E-state index in [0.717, 1.165) is 61.3 Å². The summed E-state index contributed by atoms with van der Waals surface area (Å²) in [6.45, 7) is 7.01. The third kappa shape index (κ3) is 6.13. The van der Waals surface area contributed by atoms with Gasteiger partial charge in [0.25, 0.3) is 6.47 Å². The number of carboxylic acid groups (broad SMARTS) is 1. The molecule has 1 aliphatic rings. The standard InChI is InChI=1S/C20H26N2O4.CH2O2/c1-13-11-19(23)26-18-10-14(2)17(12-16(13)18)21-20(24)15-4-6-22(7-5-15)8-9-25-3;2-1-3/h10-12,15H,4-9H2,1-3H3,(H,21,24);1H,(H,2,3). The molecule has 158 valence electrons. The van der Waals surface area contributed by atoms with Crippen LogP contribution in [0.3, 0.4) is 0 Å². The Labute approximate surface area is 169 Å². The van der Waals surface area contributed by atoms with Gasteiger partial charge in [0.1, 0.15) is 5.58 Å². The number of nitrogens with one attached hydrogen (secondary N) is 1. The number of benzene rings is 1. The molecule has 29 heavy (non-hydrogen) atoms. The van der Waals surface area contributed by atoms with Gasteiger partial charge in [0.15, 0.2) is 0 Å². The maximum Gasteiger partial charge on any atom is 0.336 e. The van der Waals surface area contributed by atoms with E-state index in [4.69, 9.17) is 19.1 Å². The minimum Gasteiger partial charge on any atom is -0.483 e. The van der Waals surface area contributed by atoms with Crippen molar-refractivity contribution in [2.45, 2.75) is 26.7 Å². The second kappa shape index (κ2) is 10.7. The minimum absolute atomic E-state index is 0.0266. The molecule has 2 heterocycles. The fourth-order valence-electron chi connectivity index (χ4n) is 3.48. The molecule has 1 aromatic carbocycles. The number of fused-ring (bicyclic) bond motifs is 1.